The number of anilines is 1. The third-order valence-corrected chi connectivity index (χ3v) is 1.36. The monoisotopic (exact) mass is 166 g/mol. The van der Waals surface area contributed by atoms with E-state index in [-0.39, 0.29) is 5.69 Å². The Hall–Kier alpha value is -1.62. The van der Waals surface area contributed by atoms with Gasteiger partial charge in [-0.15, -0.1) is 0 Å². The van der Waals surface area contributed by atoms with E-state index in [0.717, 1.165) is 5.01 Å². The topological polar surface area (TPSA) is 85.2 Å². The van der Waals surface area contributed by atoms with Crippen molar-refractivity contribution in [2.45, 2.75) is 0 Å². The quantitative estimate of drug-likeness (QED) is 0.338. The number of hydrogen-bond donors (Lipinski definition) is 2. The number of hydrogen-bond acceptors (Lipinski definition) is 4. The highest BCUT2D eigenvalue weighted by molar-refractivity contribution is 5.96. The van der Waals surface area contributed by atoms with Gasteiger partial charge >= 0.3 is 0 Å². The first-order valence-electron chi connectivity index (χ1n) is 3.36. The van der Waals surface area contributed by atoms with E-state index < -0.39 is 5.91 Å². The summed E-state index contributed by atoms with van der Waals surface area (Å²) in [7, 11) is 1.44. The smallest absolute Gasteiger partial charge is 0.288 e. The fourth-order valence-corrected chi connectivity index (χ4v) is 0.763. The van der Waals surface area contributed by atoms with Crippen molar-refractivity contribution in [3.8, 4) is 0 Å². The molecule has 0 aliphatic rings. The molecule has 1 amide bonds. The molecular weight excluding hydrogens is 156 g/mol. The molecule has 0 radical (unpaired) electrons. The number of rotatable bonds is 1. The summed E-state index contributed by atoms with van der Waals surface area (Å²) < 4.78 is 0. The molecule has 0 unspecified atom stereocenters. The van der Waals surface area contributed by atoms with Crippen LogP contribution >= 0.6 is 0 Å². The van der Waals surface area contributed by atoms with Crippen LogP contribution in [0.2, 0.25) is 0 Å². The summed E-state index contributed by atoms with van der Waals surface area (Å²) in [5.41, 5.74) is 6.01. The van der Waals surface area contributed by atoms with Crippen molar-refractivity contribution in [2.24, 2.45) is 5.84 Å². The highest BCUT2D eigenvalue weighted by Crippen LogP contribution is 2.07. The van der Waals surface area contributed by atoms with Crippen LogP contribution in [0.3, 0.4) is 0 Å². The van der Waals surface area contributed by atoms with Crippen molar-refractivity contribution < 1.29 is 4.79 Å². The van der Waals surface area contributed by atoms with Crippen LogP contribution in [0.5, 0.6) is 0 Å². The minimum Gasteiger partial charge on any atom is -0.397 e. The third kappa shape index (κ3) is 1.51. The molecule has 0 spiro atoms. The van der Waals surface area contributed by atoms with Gasteiger partial charge in [0, 0.05) is 13.2 Å². The lowest BCUT2D eigenvalue weighted by atomic mass is 10.3. The summed E-state index contributed by atoms with van der Waals surface area (Å²) in [4.78, 5) is 15.0. The van der Waals surface area contributed by atoms with Crippen molar-refractivity contribution in [1.82, 2.24) is 9.99 Å². The average Bonchev–Trinajstić information content (AvgIpc) is 2.04. The molecule has 0 saturated carbocycles. The number of nitrogen functional groups attached to an aromatic ring is 1. The summed E-state index contributed by atoms with van der Waals surface area (Å²) in [5.74, 6) is 4.83. The van der Waals surface area contributed by atoms with Crippen LogP contribution < -0.4 is 11.6 Å². The van der Waals surface area contributed by atoms with E-state index in [1.165, 1.54) is 13.2 Å². The van der Waals surface area contributed by atoms with Crippen molar-refractivity contribution in [3.63, 3.8) is 0 Å². The van der Waals surface area contributed by atoms with Gasteiger partial charge in [-0.05, 0) is 12.1 Å². The molecule has 1 aromatic heterocycles. The molecule has 12 heavy (non-hydrogen) atoms. The number of hydrazine groups is 1. The summed E-state index contributed by atoms with van der Waals surface area (Å²) in [6.07, 6.45) is 1.49. The zero-order valence-electron chi connectivity index (χ0n) is 6.69. The molecule has 4 N–H and O–H groups in total. The lowest BCUT2D eigenvalue weighted by molar-refractivity contribution is 0.0790. The van der Waals surface area contributed by atoms with Crippen molar-refractivity contribution >= 4 is 11.6 Å². The first kappa shape index (κ1) is 8.48. The number of carbonyl (C=O) groups is 1. The number of pyridine rings is 1. The molecule has 0 atom stereocenters. The minimum absolute atomic E-state index is 0.183. The standard InChI is InChI=1S/C7H10N4O/c1-11(9)7(12)6-5(8)3-2-4-10-6/h2-4H,8-9H2,1H3. The zero-order chi connectivity index (χ0) is 9.14. The predicted molar refractivity (Wildman–Crippen MR) is 44.9 cm³/mol. The molecule has 0 saturated heterocycles. The lowest BCUT2D eigenvalue weighted by Gasteiger charge is -2.09. The van der Waals surface area contributed by atoms with Gasteiger partial charge < -0.3 is 5.73 Å². The summed E-state index contributed by atoms with van der Waals surface area (Å²) in [6.45, 7) is 0. The molecule has 0 fully saturated rings. The highest BCUT2D eigenvalue weighted by Gasteiger charge is 2.12. The van der Waals surface area contributed by atoms with E-state index in [9.17, 15) is 4.79 Å². The number of carbonyl (C=O) groups excluding carboxylic acids is 1. The summed E-state index contributed by atoms with van der Waals surface area (Å²) in [6, 6.07) is 3.26. The molecule has 1 aromatic rings. The maximum atomic E-state index is 11.2. The first-order chi connectivity index (χ1) is 5.63. The molecular formula is C7H10N4O. The SMILES string of the molecule is CN(N)C(=O)c1ncccc1N. The van der Waals surface area contributed by atoms with Crippen LogP contribution in [0.25, 0.3) is 0 Å². The van der Waals surface area contributed by atoms with Gasteiger partial charge in [0.05, 0.1) is 5.69 Å². The molecule has 0 bridgehead atoms. The van der Waals surface area contributed by atoms with Crippen LogP contribution in [-0.2, 0) is 0 Å². The number of amides is 1. The summed E-state index contributed by atoms with van der Waals surface area (Å²) in [5, 5.41) is 0.943. The maximum Gasteiger partial charge on any atom is 0.288 e. The predicted octanol–water partition coefficient (Wildman–Crippen LogP) is -0.391. The molecule has 0 aliphatic carbocycles. The van der Waals surface area contributed by atoms with Gasteiger partial charge in [0.2, 0.25) is 0 Å². The molecule has 0 aromatic carbocycles. The molecule has 5 nitrogen and oxygen atoms in total. The Morgan fingerprint density at radius 3 is 2.83 bits per heavy atom. The van der Waals surface area contributed by atoms with E-state index in [2.05, 4.69) is 4.98 Å². The number of nitrogens with zero attached hydrogens (tertiary/aromatic N) is 2. The van der Waals surface area contributed by atoms with Gasteiger partial charge in [0.15, 0.2) is 5.69 Å². The van der Waals surface area contributed by atoms with Gasteiger partial charge in [-0.1, -0.05) is 0 Å². The molecule has 1 rings (SSSR count). The zero-order valence-corrected chi connectivity index (χ0v) is 6.69. The van der Waals surface area contributed by atoms with Crippen molar-refractivity contribution in [3.05, 3.63) is 24.0 Å². The number of aromatic nitrogens is 1. The second kappa shape index (κ2) is 3.19. The van der Waals surface area contributed by atoms with Crippen LogP contribution in [0, 0.1) is 0 Å². The number of nitrogens with two attached hydrogens (primary N) is 2. The van der Waals surface area contributed by atoms with Crippen molar-refractivity contribution in [2.75, 3.05) is 12.8 Å². The van der Waals surface area contributed by atoms with E-state index in [1.807, 2.05) is 0 Å². The second-order valence-corrected chi connectivity index (χ2v) is 2.36. The lowest BCUT2D eigenvalue weighted by Crippen LogP contribution is -2.34. The highest BCUT2D eigenvalue weighted by atomic mass is 16.2. The average molecular weight is 166 g/mol. The molecule has 1 heterocycles. The Kier molecular flexibility index (Phi) is 2.25. The van der Waals surface area contributed by atoms with Crippen LogP contribution in [0.15, 0.2) is 18.3 Å². The van der Waals surface area contributed by atoms with E-state index in [0.29, 0.717) is 5.69 Å². The van der Waals surface area contributed by atoms with Crippen molar-refractivity contribution in [1.29, 1.82) is 0 Å². The Morgan fingerprint density at radius 2 is 2.33 bits per heavy atom. The van der Waals surface area contributed by atoms with Gasteiger partial charge in [-0.25, -0.2) is 10.8 Å². The van der Waals surface area contributed by atoms with Crippen LogP contribution in [0.4, 0.5) is 5.69 Å². The fraction of sp³-hybridized carbons (Fsp3) is 0.143. The maximum absolute atomic E-state index is 11.2. The third-order valence-electron chi connectivity index (χ3n) is 1.36. The van der Waals surface area contributed by atoms with Crippen LogP contribution in [0.1, 0.15) is 10.5 Å². The van der Waals surface area contributed by atoms with Gasteiger partial charge in [0.1, 0.15) is 0 Å². The Bertz CT molecular complexity index is 297. The Balaban J connectivity index is 3.03. The van der Waals surface area contributed by atoms with Gasteiger partial charge in [0.25, 0.3) is 5.91 Å². The largest absolute Gasteiger partial charge is 0.397 e. The fourth-order valence-electron chi connectivity index (χ4n) is 0.763. The minimum atomic E-state index is -0.395. The Morgan fingerprint density at radius 1 is 1.67 bits per heavy atom. The first-order valence-corrected chi connectivity index (χ1v) is 3.36. The molecule has 5 heteroatoms. The van der Waals surface area contributed by atoms with Gasteiger partial charge in [-0.3, -0.25) is 9.80 Å². The van der Waals surface area contributed by atoms with E-state index in [4.69, 9.17) is 11.6 Å². The molecule has 0 aliphatic heterocycles. The van der Waals surface area contributed by atoms with E-state index >= 15 is 0 Å². The second-order valence-electron chi connectivity index (χ2n) is 2.36. The Labute approximate surface area is 70.0 Å². The van der Waals surface area contributed by atoms with Crippen LogP contribution in [-0.4, -0.2) is 22.9 Å². The summed E-state index contributed by atoms with van der Waals surface area (Å²) >= 11 is 0. The molecule has 64 valence electrons. The van der Waals surface area contributed by atoms with E-state index in [1.54, 1.807) is 12.1 Å². The van der Waals surface area contributed by atoms with Gasteiger partial charge in [-0.2, -0.15) is 0 Å². The normalized spacial score (nSPS) is 9.50.